The van der Waals surface area contributed by atoms with Crippen LogP contribution in [0.5, 0.6) is 0 Å². The Hall–Kier alpha value is -2.40. The molecule has 0 aliphatic heterocycles. The Morgan fingerprint density at radius 3 is 2.78 bits per heavy atom. The van der Waals surface area contributed by atoms with Gasteiger partial charge in [0.05, 0.1) is 16.8 Å². The number of aromatic nitrogens is 1. The van der Waals surface area contributed by atoms with Crippen LogP contribution < -0.4 is 10.2 Å². The number of hydrogen-bond donors (Lipinski definition) is 1. The summed E-state index contributed by atoms with van der Waals surface area (Å²) in [5, 5.41) is 3.83. The first-order chi connectivity index (χ1) is 11.0. The number of nitrogens with zero attached hydrogens (tertiary/aromatic N) is 2. The first-order valence-electron chi connectivity index (χ1n) is 7.47. The zero-order valence-electron chi connectivity index (χ0n) is 13.5. The fraction of sp³-hybridized carbons (Fsp3) is 0.222. The monoisotopic (exact) mass is 325 g/mol. The molecule has 0 saturated carbocycles. The molecule has 0 fully saturated rings. The van der Waals surface area contributed by atoms with Gasteiger partial charge >= 0.3 is 0 Å². The average Bonchev–Trinajstić information content (AvgIpc) is 2.95. The van der Waals surface area contributed by atoms with E-state index in [1.807, 2.05) is 68.3 Å². The second-order valence-electron chi connectivity index (χ2n) is 5.69. The van der Waals surface area contributed by atoms with Crippen LogP contribution in [-0.4, -0.2) is 24.5 Å². The standard InChI is InChI=1S/C18H19N3OS/c1-12-8-9-13(2)15(10-12)19-17(22)11-21(3)18-20-14-6-4-5-7-16(14)23-18/h4-10H,11H2,1-3H3,(H,19,22). The van der Waals surface area contributed by atoms with Crippen molar-refractivity contribution in [3.63, 3.8) is 0 Å². The molecule has 0 saturated heterocycles. The zero-order chi connectivity index (χ0) is 16.4. The van der Waals surface area contributed by atoms with E-state index in [1.54, 1.807) is 11.3 Å². The van der Waals surface area contributed by atoms with Crippen LogP contribution in [0.4, 0.5) is 10.8 Å². The van der Waals surface area contributed by atoms with E-state index in [0.717, 1.165) is 32.2 Å². The van der Waals surface area contributed by atoms with Crippen molar-refractivity contribution in [2.75, 3.05) is 23.8 Å². The van der Waals surface area contributed by atoms with E-state index < -0.39 is 0 Å². The van der Waals surface area contributed by atoms with Crippen molar-refractivity contribution in [2.45, 2.75) is 13.8 Å². The molecule has 3 rings (SSSR count). The van der Waals surface area contributed by atoms with Crippen LogP contribution in [0.1, 0.15) is 11.1 Å². The maximum Gasteiger partial charge on any atom is 0.243 e. The number of thiazole rings is 1. The number of rotatable bonds is 4. The minimum absolute atomic E-state index is 0.0412. The fourth-order valence-corrected chi connectivity index (χ4v) is 3.29. The van der Waals surface area contributed by atoms with Crippen molar-refractivity contribution in [3.8, 4) is 0 Å². The van der Waals surface area contributed by atoms with Crippen LogP contribution in [-0.2, 0) is 4.79 Å². The molecular formula is C18H19N3OS. The molecule has 1 aromatic heterocycles. The average molecular weight is 325 g/mol. The van der Waals surface area contributed by atoms with Gasteiger partial charge in [0.2, 0.25) is 5.91 Å². The van der Waals surface area contributed by atoms with Gasteiger partial charge in [-0.15, -0.1) is 0 Å². The second-order valence-corrected chi connectivity index (χ2v) is 6.70. The van der Waals surface area contributed by atoms with Crippen LogP contribution in [0.2, 0.25) is 0 Å². The molecule has 5 heteroatoms. The molecule has 3 aromatic rings. The highest BCUT2D eigenvalue weighted by atomic mass is 32.1. The van der Waals surface area contributed by atoms with Gasteiger partial charge in [0.25, 0.3) is 0 Å². The van der Waals surface area contributed by atoms with Crippen LogP contribution in [0.15, 0.2) is 42.5 Å². The minimum Gasteiger partial charge on any atom is -0.342 e. The summed E-state index contributed by atoms with van der Waals surface area (Å²) in [7, 11) is 1.89. The quantitative estimate of drug-likeness (QED) is 0.789. The fourth-order valence-electron chi connectivity index (χ4n) is 2.37. The SMILES string of the molecule is Cc1ccc(C)c(NC(=O)CN(C)c2nc3ccccc3s2)c1. The number of nitrogens with one attached hydrogen (secondary N) is 1. The van der Waals surface area contributed by atoms with Crippen molar-refractivity contribution in [1.82, 2.24) is 4.98 Å². The van der Waals surface area contributed by atoms with Crippen LogP contribution >= 0.6 is 11.3 Å². The Labute approximate surface area is 139 Å². The maximum atomic E-state index is 12.3. The number of hydrogen-bond acceptors (Lipinski definition) is 4. The number of aryl methyl sites for hydroxylation is 2. The minimum atomic E-state index is -0.0412. The molecule has 0 bridgehead atoms. The third-order valence-electron chi connectivity index (χ3n) is 3.66. The number of anilines is 2. The summed E-state index contributed by atoms with van der Waals surface area (Å²) >= 11 is 1.59. The number of carbonyl (C=O) groups is 1. The largest absolute Gasteiger partial charge is 0.342 e. The van der Waals surface area contributed by atoms with E-state index in [1.165, 1.54) is 0 Å². The van der Waals surface area contributed by atoms with Crippen molar-refractivity contribution in [2.24, 2.45) is 0 Å². The Kier molecular flexibility index (Phi) is 4.30. The lowest BCUT2D eigenvalue weighted by molar-refractivity contribution is -0.114. The lowest BCUT2D eigenvalue weighted by Gasteiger charge is -2.16. The summed E-state index contributed by atoms with van der Waals surface area (Å²) in [6, 6.07) is 14.0. The molecule has 0 aliphatic rings. The van der Waals surface area contributed by atoms with Gasteiger partial charge in [-0.3, -0.25) is 4.79 Å². The van der Waals surface area contributed by atoms with E-state index in [2.05, 4.69) is 10.3 Å². The van der Waals surface area contributed by atoms with Crippen molar-refractivity contribution < 1.29 is 4.79 Å². The molecule has 0 spiro atoms. The van der Waals surface area contributed by atoms with Gasteiger partial charge in [-0.05, 0) is 43.2 Å². The van der Waals surface area contributed by atoms with E-state index in [4.69, 9.17) is 0 Å². The van der Waals surface area contributed by atoms with Gasteiger partial charge in [-0.2, -0.15) is 0 Å². The number of benzene rings is 2. The highest BCUT2D eigenvalue weighted by molar-refractivity contribution is 7.22. The lowest BCUT2D eigenvalue weighted by Crippen LogP contribution is -2.30. The van der Waals surface area contributed by atoms with Crippen LogP contribution in [0.3, 0.4) is 0 Å². The molecule has 1 heterocycles. The third-order valence-corrected chi connectivity index (χ3v) is 4.81. The van der Waals surface area contributed by atoms with Gasteiger partial charge in [-0.25, -0.2) is 4.98 Å². The highest BCUT2D eigenvalue weighted by Gasteiger charge is 2.12. The van der Waals surface area contributed by atoms with Crippen molar-refractivity contribution in [3.05, 3.63) is 53.6 Å². The van der Waals surface area contributed by atoms with Crippen LogP contribution in [0, 0.1) is 13.8 Å². The summed E-state index contributed by atoms with van der Waals surface area (Å²) in [6.07, 6.45) is 0. The summed E-state index contributed by atoms with van der Waals surface area (Å²) in [6.45, 7) is 4.28. The Morgan fingerprint density at radius 1 is 1.22 bits per heavy atom. The van der Waals surface area contributed by atoms with Gasteiger partial charge in [-0.1, -0.05) is 35.6 Å². The van der Waals surface area contributed by atoms with Gasteiger partial charge in [0, 0.05) is 12.7 Å². The number of fused-ring (bicyclic) bond motifs is 1. The Balaban J connectivity index is 1.70. The molecule has 118 valence electrons. The molecular weight excluding hydrogens is 306 g/mol. The first kappa shape index (κ1) is 15.5. The number of likely N-dealkylation sites (N-methyl/N-ethyl adjacent to an activating group) is 1. The second kappa shape index (κ2) is 6.38. The van der Waals surface area contributed by atoms with E-state index in [9.17, 15) is 4.79 Å². The molecule has 2 aromatic carbocycles. The van der Waals surface area contributed by atoms with Gasteiger partial charge < -0.3 is 10.2 Å². The lowest BCUT2D eigenvalue weighted by atomic mass is 10.1. The summed E-state index contributed by atoms with van der Waals surface area (Å²) in [4.78, 5) is 18.7. The molecule has 1 N–H and O–H groups in total. The Morgan fingerprint density at radius 2 is 2.00 bits per heavy atom. The van der Waals surface area contributed by atoms with E-state index >= 15 is 0 Å². The first-order valence-corrected chi connectivity index (χ1v) is 8.28. The van der Waals surface area contributed by atoms with Crippen LogP contribution in [0.25, 0.3) is 10.2 Å². The number of para-hydroxylation sites is 1. The highest BCUT2D eigenvalue weighted by Crippen LogP contribution is 2.27. The zero-order valence-corrected chi connectivity index (χ0v) is 14.3. The van der Waals surface area contributed by atoms with Gasteiger partial charge in [0.15, 0.2) is 5.13 Å². The Bertz CT molecular complexity index is 823. The van der Waals surface area contributed by atoms with E-state index in [0.29, 0.717) is 0 Å². The van der Waals surface area contributed by atoms with Gasteiger partial charge in [0.1, 0.15) is 0 Å². The summed E-state index contributed by atoms with van der Waals surface area (Å²) < 4.78 is 1.13. The molecule has 23 heavy (non-hydrogen) atoms. The summed E-state index contributed by atoms with van der Waals surface area (Å²) in [5.74, 6) is -0.0412. The predicted octanol–water partition coefficient (Wildman–Crippen LogP) is 3.99. The molecule has 1 amide bonds. The molecule has 0 radical (unpaired) electrons. The van der Waals surface area contributed by atoms with Crippen molar-refractivity contribution in [1.29, 1.82) is 0 Å². The maximum absolute atomic E-state index is 12.3. The normalized spacial score (nSPS) is 10.7. The molecule has 0 unspecified atom stereocenters. The summed E-state index contributed by atoms with van der Waals surface area (Å²) in [5.41, 5.74) is 4.03. The van der Waals surface area contributed by atoms with E-state index in [-0.39, 0.29) is 12.5 Å². The molecule has 4 nitrogen and oxygen atoms in total. The molecule has 0 atom stereocenters. The van der Waals surface area contributed by atoms with Crippen molar-refractivity contribution >= 4 is 38.3 Å². The third kappa shape index (κ3) is 3.51. The number of carbonyl (C=O) groups excluding carboxylic acids is 1. The molecule has 0 aliphatic carbocycles. The predicted molar refractivity (Wildman–Crippen MR) is 97.4 cm³/mol. The number of amides is 1. The smallest absolute Gasteiger partial charge is 0.243 e. The topological polar surface area (TPSA) is 45.2 Å².